The third kappa shape index (κ3) is 3.04. The zero-order valence-corrected chi connectivity index (χ0v) is 15.8. The molecule has 0 spiro atoms. The van der Waals surface area contributed by atoms with Gasteiger partial charge < -0.3 is 0 Å². The summed E-state index contributed by atoms with van der Waals surface area (Å²) in [4.78, 5) is 23.4. The fourth-order valence-electron chi connectivity index (χ4n) is 3.47. The van der Waals surface area contributed by atoms with Gasteiger partial charge in [-0.15, -0.1) is 11.8 Å². The van der Waals surface area contributed by atoms with E-state index in [0.717, 1.165) is 33.5 Å². The molecule has 0 radical (unpaired) electrons. The van der Waals surface area contributed by atoms with E-state index in [9.17, 15) is 4.79 Å². The standard InChI is InChI=1S/C23H17N3OS/c27-21-15-28-23(18-5-2-1-3-6-18)26(21)19-11-8-16(9-12-19)20-13-10-17-7-4-14-24-22(17)25-20/h1-14,23H,15H2. The number of hydrogen-bond acceptors (Lipinski definition) is 4. The Kier molecular flexibility index (Phi) is 4.29. The van der Waals surface area contributed by atoms with Gasteiger partial charge in [0.15, 0.2) is 5.65 Å². The Labute approximate surface area is 167 Å². The number of fused-ring (bicyclic) bond motifs is 1. The van der Waals surface area contributed by atoms with Gasteiger partial charge >= 0.3 is 0 Å². The number of benzene rings is 2. The average molecular weight is 383 g/mol. The average Bonchev–Trinajstić information content (AvgIpc) is 3.15. The number of thioether (sulfide) groups is 1. The van der Waals surface area contributed by atoms with E-state index in [0.29, 0.717) is 5.75 Å². The van der Waals surface area contributed by atoms with Crippen LogP contribution >= 0.6 is 11.8 Å². The molecule has 5 heteroatoms. The second-order valence-electron chi connectivity index (χ2n) is 6.63. The minimum absolute atomic E-state index is 0.0162. The van der Waals surface area contributed by atoms with Crippen LogP contribution in [0.5, 0.6) is 0 Å². The van der Waals surface area contributed by atoms with Gasteiger partial charge in [0.05, 0.1) is 11.4 Å². The number of hydrogen-bond donors (Lipinski definition) is 0. The van der Waals surface area contributed by atoms with Crippen LogP contribution in [0.2, 0.25) is 0 Å². The molecule has 0 N–H and O–H groups in total. The molecule has 3 heterocycles. The van der Waals surface area contributed by atoms with Crippen LogP contribution in [0.4, 0.5) is 5.69 Å². The zero-order chi connectivity index (χ0) is 18.9. The zero-order valence-electron chi connectivity index (χ0n) is 15.0. The number of aromatic nitrogens is 2. The lowest BCUT2D eigenvalue weighted by atomic mass is 10.1. The van der Waals surface area contributed by atoms with E-state index in [-0.39, 0.29) is 11.3 Å². The summed E-state index contributed by atoms with van der Waals surface area (Å²) in [6.07, 6.45) is 1.75. The molecule has 2 aromatic carbocycles. The number of rotatable bonds is 3. The van der Waals surface area contributed by atoms with E-state index in [1.807, 2.05) is 71.6 Å². The van der Waals surface area contributed by atoms with E-state index in [1.165, 1.54) is 0 Å². The predicted molar refractivity (Wildman–Crippen MR) is 114 cm³/mol. The number of pyridine rings is 2. The molecule has 1 aliphatic rings. The second-order valence-corrected chi connectivity index (χ2v) is 7.70. The summed E-state index contributed by atoms with van der Waals surface area (Å²) in [7, 11) is 0. The number of amides is 1. The predicted octanol–water partition coefficient (Wildman–Crippen LogP) is 5.08. The van der Waals surface area contributed by atoms with Gasteiger partial charge in [-0.25, -0.2) is 9.97 Å². The van der Waals surface area contributed by atoms with Crippen molar-refractivity contribution in [2.24, 2.45) is 0 Å². The molecular weight excluding hydrogens is 366 g/mol. The van der Waals surface area contributed by atoms with Crippen LogP contribution in [-0.4, -0.2) is 21.6 Å². The van der Waals surface area contributed by atoms with Crippen molar-refractivity contribution in [3.63, 3.8) is 0 Å². The molecule has 1 atom stereocenters. The van der Waals surface area contributed by atoms with E-state index in [1.54, 1.807) is 18.0 Å². The number of nitrogens with zero attached hydrogens (tertiary/aromatic N) is 3. The molecule has 1 unspecified atom stereocenters. The Morgan fingerprint density at radius 1 is 0.893 bits per heavy atom. The van der Waals surface area contributed by atoms with Crippen LogP contribution in [0.15, 0.2) is 85.1 Å². The molecule has 1 fully saturated rings. The van der Waals surface area contributed by atoms with E-state index in [4.69, 9.17) is 0 Å². The third-order valence-corrected chi connectivity index (χ3v) is 6.07. The first-order valence-corrected chi connectivity index (χ1v) is 10.2. The van der Waals surface area contributed by atoms with Gasteiger partial charge in [0.25, 0.3) is 0 Å². The van der Waals surface area contributed by atoms with Crippen LogP contribution in [0.25, 0.3) is 22.3 Å². The van der Waals surface area contributed by atoms with Crippen LogP contribution < -0.4 is 4.90 Å². The molecular formula is C23H17N3OS. The maximum Gasteiger partial charge on any atom is 0.238 e. The summed E-state index contributed by atoms with van der Waals surface area (Å²) in [5, 5.41) is 1.04. The van der Waals surface area contributed by atoms with Gasteiger partial charge in [0, 0.05) is 22.8 Å². The maximum atomic E-state index is 12.5. The van der Waals surface area contributed by atoms with Crippen molar-refractivity contribution in [3.8, 4) is 11.3 Å². The Morgan fingerprint density at radius 2 is 1.71 bits per heavy atom. The van der Waals surface area contributed by atoms with Crippen molar-refractivity contribution in [2.45, 2.75) is 5.37 Å². The summed E-state index contributed by atoms with van der Waals surface area (Å²) in [6, 6.07) is 26.2. The first-order valence-electron chi connectivity index (χ1n) is 9.10. The van der Waals surface area contributed by atoms with Crippen molar-refractivity contribution in [3.05, 3.63) is 90.6 Å². The van der Waals surface area contributed by atoms with Crippen molar-refractivity contribution in [2.75, 3.05) is 10.7 Å². The van der Waals surface area contributed by atoms with Gasteiger partial charge in [0.1, 0.15) is 5.37 Å². The Morgan fingerprint density at radius 3 is 2.54 bits per heavy atom. The van der Waals surface area contributed by atoms with Crippen LogP contribution in [0.1, 0.15) is 10.9 Å². The molecule has 1 aliphatic heterocycles. The second kappa shape index (κ2) is 7.09. The minimum Gasteiger partial charge on any atom is -0.295 e. The lowest BCUT2D eigenvalue weighted by Gasteiger charge is -2.24. The largest absolute Gasteiger partial charge is 0.295 e. The molecule has 1 saturated heterocycles. The summed E-state index contributed by atoms with van der Waals surface area (Å²) in [5.74, 6) is 0.638. The van der Waals surface area contributed by atoms with E-state index in [2.05, 4.69) is 22.1 Å². The summed E-state index contributed by atoms with van der Waals surface area (Å²) in [6.45, 7) is 0. The monoisotopic (exact) mass is 383 g/mol. The Hall–Kier alpha value is -3.18. The van der Waals surface area contributed by atoms with Gasteiger partial charge in [-0.3, -0.25) is 9.69 Å². The van der Waals surface area contributed by atoms with Gasteiger partial charge in [-0.2, -0.15) is 0 Å². The summed E-state index contributed by atoms with van der Waals surface area (Å²) < 4.78 is 0. The highest BCUT2D eigenvalue weighted by atomic mass is 32.2. The lowest BCUT2D eigenvalue weighted by Crippen LogP contribution is -2.27. The number of carbonyl (C=O) groups excluding carboxylic acids is 1. The van der Waals surface area contributed by atoms with Crippen molar-refractivity contribution in [1.29, 1.82) is 0 Å². The van der Waals surface area contributed by atoms with Crippen LogP contribution in [0, 0.1) is 0 Å². The Bertz CT molecular complexity index is 1150. The first-order chi connectivity index (χ1) is 13.8. The Balaban J connectivity index is 1.47. The SMILES string of the molecule is O=C1CSC(c2ccccc2)N1c1ccc(-c2ccc3cccnc3n2)cc1. The van der Waals surface area contributed by atoms with E-state index >= 15 is 0 Å². The van der Waals surface area contributed by atoms with Crippen LogP contribution in [0.3, 0.4) is 0 Å². The third-order valence-electron chi connectivity index (χ3n) is 4.86. The highest BCUT2D eigenvalue weighted by molar-refractivity contribution is 8.00. The fraction of sp³-hybridized carbons (Fsp3) is 0.0870. The molecule has 1 amide bonds. The highest BCUT2D eigenvalue weighted by Gasteiger charge is 2.33. The van der Waals surface area contributed by atoms with Crippen molar-refractivity contribution < 1.29 is 4.79 Å². The molecule has 136 valence electrons. The van der Waals surface area contributed by atoms with Gasteiger partial charge in [-0.1, -0.05) is 42.5 Å². The topological polar surface area (TPSA) is 46.1 Å². The fourth-order valence-corrected chi connectivity index (χ4v) is 4.65. The maximum absolute atomic E-state index is 12.5. The van der Waals surface area contributed by atoms with Gasteiger partial charge in [0.2, 0.25) is 5.91 Å². The molecule has 4 nitrogen and oxygen atoms in total. The first kappa shape index (κ1) is 17.0. The quantitative estimate of drug-likeness (QED) is 0.495. The molecule has 28 heavy (non-hydrogen) atoms. The summed E-state index contributed by atoms with van der Waals surface area (Å²) in [5.41, 5.74) is 4.67. The van der Waals surface area contributed by atoms with E-state index < -0.39 is 0 Å². The minimum atomic E-state index is 0.0162. The molecule has 2 aromatic heterocycles. The van der Waals surface area contributed by atoms with Crippen molar-refractivity contribution >= 4 is 34.4 Å². The molecule has 0 saturated carbocycles. The van der Waals surface area contributed by atoms with Gasteiger partial charge in [-0.05, 0) is 42.0 Å². The molecule has 4 aromatic rings. The lowest BCUT2D eigenvalue weighted by molar-refractivity contribution is -0.115. The number of carbonyl (C=O) groups is 1. The number of anilines is 1. The highest BCUT2D eigenvalue weighted by Crippen LogP contribution is 2.41. The van der Waals surface area contributed by atoms with Crippen LogP contribution in [-0.2, 0) is 4.79 Å². The normalized spacial score (nSPS) is 16.6. The smallest absolute Gasteiger partial charge is 0.238 e. The summed E-state index contributed by atoms with van der Waals surface area (Å²) >= 11 is 1.66. The van der Waals surface area contributed by atoms with Crippen molar-refractivity contribution in [1.82, 2.24) is 9.97 Å². The molecule has 0 aliphatic carbocycles. The molecule has 5 rings (SSSR count). The molecule has 0 bridgehead atoms.